The number of hydrogen-bond acceptors (Lipinski definition) is 3. The van der Waals surface area contributed by atoms with Crippen molar-refractivity contribution in [2.75, 3.05) is 31.9 Å². The smallest absolute Gasteiger partial charge is 0.232 e. The third kappa shape index (κ3) is 4.51. The minimum absolute atomic E-state index is 0.351. The lowest BCUT2D eigenvalue weighted by Crippen LogP contribution is -2.35. The number of amides is 1. The van der Waals surface area contributed by atoms with E-state index in [0.29, 0.717) is 11.7 Å². The van der Waals surface area contributed by atoms with Gasteiger partial charge in [-0.25, -0.2) is 0 Å². The monoisotopic (exact) mass is 256 g/mol. The molecule has 0 atom stereocenters. The lowest BCUT2D eigenvalue weighted by atomic mass is 10.0. The third-order valence-electron chi connectivity index (χ3n) is 3.69. The van der Waals surface area contributed by atoms with Crippen molar-refractivity contribution in [3.8, 4) is 0 Å². The molecule has 98 valence electrons. The van der Waals surface area contributed by atoms with E-state index in [-0.39, 0.29) is 0 Å². The van der Waals surface area contributed by atoms with Crippen LogP contribution in [0.4, 0.5) is 0 Å². The highest BCUT2D eigenvalue weighted by Gasteiger charge is 2.19. The fraction of sp³-hybridized carbons (Fsp3) is 0.923. The average Bonchev–Trinajstić information content (AvgIpc) is 2.66. The Hall–Kier alpha value is -0.220. The Bertz CT molecular complexity index is 234. The second-order valence-electron chi connectivity index (χ2n) is 5.06. The molecule has 1 N–H and O–H groups in total. The lowest BCUT2D eigenvalue weighted by Gasteiger charge is -2.23. The predicted molar refractivity (Wildman–Crippen MR) is 73.4 cm³/mol. The van der Waals surface area contributed by atoms with Crippen LogP contribution >= 0.6 is 11.8 Å². The van der Waals surface area contributed by atoms with Crippen LogP contribution in [0.1, 0.15) is 38.5 Å². The van der Waals surface area contributed by atoms with Crippen molar-refractivity contribution in [2.24, 2.45) is 0 Å². The maximum atomic E-state index is 12.1. The van der Waals surface area contributed by atoms with Crippen LogP contribution in [0.5, 0.6) is 0 Å². The Morgan fingerprint density at radius 2 is 1.94 bits per heavy atom. The molecule has 1 aliphatic heterocycles. The molecular weight excluding hydrogens is 232 g/mol. The number of thioether (sulfide) groups is 1. The van der Waals surface area contributed by atoms with Gasteiger partial charge in [-0.05, 0) is 25.8 Å². The van der Waals surface area contributed by atoms with E-state index in [2.05, 4.69) is 5.32 Å². The minimum Gasteiger partial charge on any atom is -0.341 e. The van der Waals surface area contributed by atoms with Gasteiger partial charge in [0.1, 0.15) is 0 Å². The molecule has 1 amide bonds. The van der Waals surface area contributed by atoms with E-state index in [1.165, 1.54) is 32.1 Å². The Morgan fingerprint density at radius 1 is 1.12 bits per heavy atom. The molecule has 3 nitrogen and oxygen atoms in total. The first kappa shape index (κ1) is 13.2. The molecule has 0 aromatic carbocycles. The molecule has 2 aliphatic rings. The first-order valence-corrected chi connectivity index (χ1v) is 8.01. The average molecular weight is 256 g/mol. The van der Waals surface area contributed by atoms with E-state index in [1.807, 2.05) is 16.7 Å². The van der Waals surface area contributed by atoms with Gasteiger partial charge in [0.15, 0.2) is 0 Å². The van der Waals surface area contributed by atoms with Gasteiger partial charge in [0.2, 0.25) is 5.91 Å². The number of carbonyl (C=O) groups is 1. The highest BCUT2D eigenvalue weighted by molar-refractivity contribution is 8.00. The summed E-state index contributed by atoms with van der Waals surface area (Å²) in [6.45, 7) is 3.85. The zero-order valence-corrected chi connectivity index (χ0v) is 11.4. The van der Waals surface area contributed by atoms with Crippen LogP contribution in [-0.4, -0.2) is 48.0 Å². The maximum Gasteiger partial charge on any atom is 0.232 e. The molecule has 1 saturated heterocycles. The number of carbonyl (C=O) groups excluding carboxylic acids is 1. The van der Waals surface area contributed by atoms with E-state index < -0.39 is 0 Å². The van der Waals surface area contributed by atoms with Gasteiger partial charge >= 0.3 is 0 Å². The van der Waals surface area contributed by atoms with Gasteiger partial charge in [-0.15, -0.1) is 11.8 Å². The SMILES string of the molecule is O=C(CSC1CCCCC1)N1CCCNCC1. The second kappa shape index (κ2) is 7.27. The summed E-state index contributed by atoms with van der Waals surface area (Å²) in [7, 11) is 0. The highest BCUT2D eigenvalue weighted by atomic mass is 32.2. The van der Waals surface area contributed by atoms with Crippen LogP contribution in [-0.2, 0) is 4.79 Å². The van der Waals surface area contributed by atoms with Gasteiger partial charge in [0.05, 0.1) is 5.75 Å². The molecule has 1 saturated carbocycles. The second-order valence-corrected chi connectivity index (χ2v) is 6.34. The molecule has 0 aromatic rings. The fourth-order valence-electron chi connectivity index (χ4n) is 2.61. The summed E-state index contributed by atoms with van der Waals surface area (Å²) < 4.78 is 0. The maximum absolute atomic E-state index is 12.1. The third-order valence-corrected chi connectivity index (χ3v) is 5.04. The van der Waals surface area contributed by atoms with Crippen molar-refractivity contribution < 1.29 is 4.79 Å². The molecule has 0 bridgehead atoms. The van der Waals surface area contributed by atoms with Crippen molar-refractivity contribution >= 4 is 17.7 Å². The first-order valence-electron chi connectivity index (χ1n) is 6.96. The molecule has 17 heavy (non-hydrogen) atoms. The van der Waals surface area contributed by atoms with Gasteiger partial charge in [0, 0.05) is 24.9 Å². The molecule has 0 radical (unpaired) electrons. The zero-order chi connectivity index (χ0) is 11.9. The van der Waals surface area contributed by atoms with Crippen molar-refractivity contribution in [1.29, 1.82) is 0 Å². The molecule has 4 heteroatoms. The van der Waals surface area contributed by atoms with Gasteiger partial charge < -0.3 is 10.2 Å². The summed E-state index contributed by atoms with van der Waals surface area (Å²) in [5.41, 5.74) is 0. The summed E-state index contributed by atoms with van der Waals surface area (Å²) in [6, 6.07) is 0. The zero-order valence-electron chi connectivity index (χ0n) is 10.6. The quantitative estimate of drug-likeness (QED) is 0.837. The van der Waals surface area contributed by atoms with Crippen molar-refractivity contribution in [3.05, 3.63) is 0 Å². The Morgan fingerprint density at radius 3 is 2.76 bits per heavy atom. The molecule has 2 fully saturated rings. The summed E-state index contributed by atoms with van der Waals surface area (Å²) >= 11 is 1.89. The van der Waals surface area contributed by atoms with Gasteiger partial charge in [-0.2, -0.15) is 0 Å². The molecular formula is C13H24N2OS. The topological polar surface area (TPSA) is 32.3 Å². The van der Waals surface area contributed by atoms with E-state index >= 15 is 0 Å². The molecule has 0 unspecified atom stereocenters. The van der Waals surface area contributed by atoms with Gasteiger partial charge in [-0.3, -0.25) is 4.79 Å². The number of nitrogens with zero attached hydrogens (tertiary/aromatic N) is 1. The predicted octanol–water partition coefficient (Wildman–Crippen LogP) is 1.87. The number of hydrogen-bond donors (Lipinski definition) is 1. The van der Waals surface area contributed by atoms with E-state index in [9.17, 15) is 4.79 Å². The normalized spacial score (nSPS) is 23.4. The van der Waals surface area contributed by atoms with Crippen LogP contribution in [0, 0.1) is 0 Å². The van der Waals surface area contributed by atoms with Crippen molar-refractivity contribution in [1.82, 2.24) is 10.2 Å². The van der Waals surface area contributed by atoms with Crippen molar-refractivity contribution in [3.63, 3.8) is 0 Å². The highest BCUT2D eigenvalue weighted by Crippen LogP contribution is 2.28. The van der Waals surface area contributed by atoms with Crippen LogP contribution in [0.2, 0.25) is 0 Å². The summed E-state index contributed by atoms with van der Waals surface area (Å²) in [6.07, 6.45) is 7.85. The van der Waals surface area contributed by atoms with Crippen LogP contribution in [0.25, 0.3) is 0 Å². The standard InChI is InChI=1S/C13H24N2OS/c16-13(15-9-4-7-14-8-10-15)11-17-12-5-2-1-3-6-12/h12,14H,1-11H2. The minimum atomic E-state index is 0.351. The molecule has 0 spiro atoms. The van der Waals surface area contributed by atoms with Crippen LogP contribution in [0.15, 0.2) is 0 Å². The largest absolute Gasteiger partial charge is 0.341 e. The summed E-state index contributed by atoms with van der Waals surface area (Å²) in [5, 5.41) is 4.08. The molecule has 0 aromatic heterocycles. The molecule has 1 aliphatic carbocycles. The number of rotatable bonds is 3. The Labute approximate surface area is 109 Å². The molecule has 2 rings (SSSR count). The van der Waals surface area contributed by atoms with E-state index in [1.54, 1.807) is 0 Å². The summed E-state index contributed by atoms with van der Waals surface area (Å²) in [4.78, 5) is 14.1. The van der Waals surface area contributed by atoms with E-state index in [0.717, 1.165) is 37.8 Å². The van der Waals surface area contributed by atoms with Crippen molar-refractivity contribution in [2.45, 2.75) is 43.8 Å². The Balaban J connectivity index is 1.68. The first-order chi connectivity index (χ1) is 8.36. The number of nitrogens with one attached hydrogen (secondary N) is 1. The van der Waals surface area contributed by atoms with Gasteiger partial charge in [0.25, 0.3) is 0 Å². The van der Waals surface area contributed by atoms with Gasteiger partial charge in [-0.1, -0.05) is 19.3 Å². The Kier molecular flexibility index (Phi) is 5.65. The van der Waals surface area contributed by atoms with Crippen LogP contribution < -0.4 is 5.32 Å². The van der Waals surface area contributed by atoms with E-state index in [4.69, 9.17) is 0 Å². The van der Waals surface area contributed by atoms with Crippen LogP contribution in [0.3, 0.4) is 0 Å². The molecule has 1 heterocycles. The lowest BCUT2D eigenvalue weighted by molar-refractivity contribution is -0.128. The fourth-order valence-corrected chi connectivity index (χ4v) is 3.83. The summed E-state index contributed by atoms with van der Waals surface area (Å²) in [5.74, 6) is 1.05.